The number of anilines is 2. The molecule has 0 spiro atoms. The van der Waals surface area contributed by atoms with E-state index in [1.54, 1.807) is 43.5 Å². The van der Waals surface area contributed by atoms with E-state index in [2.05, 4.69) is 10.6 Å². The molecule has 0 heterocycles. The fraction of sp³-hybridized carbons (Fsp3) is 0.333. The van der Waals surface area contributed by atoms with Crippen molar-refractivity contribution < 1.29 is 24.0 Å². The lowest BCUT2D eigenvalue weighted by Crippen LogP contribution is -3.13. The summed E-state index contributed by atoms with van der Waals surface area (Å²) in [7, 11) is 1.59. The third kappa shape index (κ3) is 6.92. The number of hydrogen-bond acceptors (Lipinski definition) is 4. The van der Waals surface area contributed by atoms with Crippen LogP contribution in [0.15, 0.2) is 48.5 Å². The molecule has 150 valence electrons. The summed E-state index contributed by atoms with van der Waals surface area (Å²) in [6.07, 6.45) is 0. The molecule has 2 aromatic carbocycles. The molecule has 2 amide bonds. The Labute approximate surface area is 165 Å². The number of amides is 2. The summed E-state index contributed by atoms with van der Waals surface area (Å²) in [6.45, 7) is 5.54. The van der Waals surface area contributed by atoms with Crippen molar-refractivity contribution in [3.63, 3.8) is 0 Å². The first kappa shape index (κ1) is 21.2. The van der Waals surface area contributed by atoms with Gasteiger partial charge in [-0.15, -0.1) is 0 Å². The molecule has 7 heteroatoms. The molecule has 7 nitrogen and oxygen atoms in total. The topological polar surface area (TPSA) is 81.1 Å². The van der Waals surface area contributed by atoms with E-state index < -0.39 is 0 Å². The molecule has 1 atom stereocenters. The van der Waals surface area contributed by atoms with Gasteiger partial charge in [0, 0.05) is 11.4 Å². The first-order chi connectivity index (χ1) is 13.5. The summed E-state index contributed by atoms with van der Waals surface area (Å²) >= 11 is 0. The van der Waals surface area contributed by atoms with E-state index in [0.29, 0.717) is 24.5 Å². The minimum Gasteiger partial charge on any atom is -0.497 e. The summed E-state index contributed by atoms with van der Waals surface area (Å²) in [5.41, 5.74) is 1.40. The van der Waals surface area contributed by atoms with Gasteiger partial charge in [0.1, 0.15) is 11.5 Å². The first-order valence-corrected chi connectivity index (χ1v) is 9.34. The van der Waals surface area contributed by atoms with Gasteiger partial charge in [-0.25, -0.2) is 0 Å². The Morgan fingerprint density at radius 3 is 1.68 bits per heavy atom. The van der Waals surface area contributed by atoms with E-state index in [0.717, 1.165) is 16.4 Å². The van der Waals surface area contributed by atoms with Crippen LogP contribution in [0.1, 0.15) is 13.8 Å². The second-order valence-electron chi connectivity index (χ2n) is 6.24. The Kier molecular flexibility index (Phi) is 8.30. The fourth-order valence-corrected chi connectivity index (χ4v) is 2.65. The number of hydrogen-bond donors (Lipinski definition) is 3. The highest BCUT2D eigenvalue weighted by Crippen LogP contribution is 2.15. The zero-order valence-electron chi connectivity index (χ0n) is 16.6. The van der Waals surface area contributed by atoms with Gasteiger partial charge in [-0.2, -0.15) is 0 Å². The van der Waals surface area contributed by atoms with E-state index in [9.17, 15) is 9.59 Å². The standard InChI is InChI=1S/C21H27N3O4/c1-4-24(14-20(25)22-16-6-10-18(27-3)11-7-16)15-21(26)23-17-8-12-19(13-9-17)28-5-2/h6-13H,4-5,14-15H2,1-3H3,(H,22,25)(H,23,26)/p+1. The summed E-state index contributed by atoms with van der Waals surface area (Å²) < 4.78 is 10.5. The van der Waals surface area contributed by atoms with E-state index in [-0.39, 0.29) is 24.9 Å². The van der Waals surface area contributed by atoms with E-state index >= 15 is 0 Å². The molecule has 2 aromatic rings. The molecule has 2 rings (SSSR count). The van der Waals surface area contributed by atoms with Crippen LogP contribution in [0.5, 0.6) is 11.5 Å². The molecule has 0 bridgehead atoms. The minimum atomic E-state index is -0.143. The first-order valence-electron chi connectivity index (χ1n) is 9.34. The van der Waals surface area contributed by atoms with E-state index in [1.165, 1.54) is 0 Å². The Hall–Kier alpha value is -3.06. The van der Waals surface area contributed by atoms with Gasteiger partial charge < -0.3 is 25.0 Å². The lowest BCUT2D eigenvalue weighted by Gasteiger charge is -2.17. The molecule has 0 aliphatic heterocycles. The predicted molar refractivity (Wildman–Crippen MR) is 109 cm³/mol. The van der Waals surface area contributed by atoms with E-state index in [4.69, 9.17) is 9.47 Å². The molecular formula is C21H28N3O4+. The van der Waals surface area contributed by atoms with Gasteiger partial charge in [-0.3, -0.25) is 9.59 Å². The van der Waals surface area contributed by atoms with Crippen molar-refractivity contribution in [2.45, 2.75) is 13.8 Å². The fourth-order valence-electron chi connectivity index (χ4n) is 2.65. The molecule has 0 radical (unpaired) electrons. The molecule has 3 N–H and O–H groups in total. The van der Waals surface area contributed by atoms with Crippen LogP contribution in [0.2, 0.25) is 0 Å². The van der Waals surface area contributed by atoms with Gasteiger partial charge in [0.05, 0.1) is 20.3 Å². The van der Waals surface area contributed by atoms with Gasteiger partial charge in [0.2, 0.25) is 0 Å². The zero-order chi connectivity index (χ0) is 20.4. The maximum Gasteiger partial charge on any atom is 0.279 e. The summed E-state index contributed by atoms with van der Waals surface area (Å²) in [5, 5.41) is 5.69. The van der Waals surface area contributed by atoms with Crippen LogP contribution >= 0.6 is 0 Å². The second-order valence-corrected chi connectivity index (χ2v) is 6.24. The van der Waals surface area contributed by atoms with Crippen molar-refractivity contribution in [2.24, 2.45) is 0 Å². The predicted octanol–water partition coefficient (Wildman–Crippen LogP) is 1.58. The normalized spacial score (nSPS) is 11.4. The molecule has 0 aliphatic rings. The zero-order valence-corrected chi connectivity index (χ0v) is 16.6. The van der Waals surface area contributed by atoms with Gasteiger partial charge in [0.15, 0.2) is 13.1 Å². The second kappa shape index (κ2) is 10.9. The number of rotatable bonds is 10. The molecule has 0 aliphatic carbocycles. The third-order valence-electron chi connectivity index (χ3n) is 4.14. The summed E-state index contributed by atoms with van der Waals surface area (Å²) in [6, 6.07) is 14.3. The van der Waals surface area contributed by atoms with Gasteiger partial charge >= 0.3 is 0 Å². The number of likely N-dealkylation sites (N-methyl/N-ethyl adjacent to an activating group) is 1. The summed E-state index contributed by atoms with van der Waals surface area (Å²) in [5.74, 6) is 1.20. The highest BCUT2D eigenvalue weighted by atomic mass is 16.5. The van der Waals surface area contributed by atoms with E-state index in [1.807, 2.05) is 26.0 Å². The van der Waals surface area contributed by atoms with Crippen molar-refractivity contribution in [3.8, 4) is 11.5 Å². The van der Waals surface area contributed by atoms with Gasteiger partial charge in [-0.1, -0.05) is 0 Å². The molecule has 0 saturated heterocycles. The van der Waals surface area contributed by atoms with Gasteiger partial charge in [0.25, 0.3) is 11.8 Å². The van der Waals surface area contributed by atoms with Crippen molar-refractivity contribution in [3.05, 3.63) is 48.5 Å². The summed E-state index contributed by atoms with van der Waals surface area (Å²) in [4.78, 5) is 25.4. The highest BCUT2D eigenvalue weighted by molar-refractivity contribution is 5.93. The number of carbonyl (C=O) groups excluding carboxylic acids is 2. The van der Waals surface area contributed by atoms with Crippen molar-refractivity contribution in [2.75, 3.05) is 44.0 Å². The molecule has 1 unspecified atom stereocenters. The number of benzene rings is 2. The Balaban J connectivity index is 1.82. The SMILES string of the molecule is CCOc1ccc(NC(=O)C[NH+](CC)CC(=O)Nc2ccc(OC)cc2)cc1. The smallest absolute Gasteiger partial charge is 0.279 e. The van der Waals surface area contributed by atoms with Crippen molar-refractivity contribution >= 4 is 23.2 Å². The van der Waals surface area contributed by atoms with Crippen LogP contribution < -0.4 is 25.0 Å². The molecular weight excluding hydrogens is 358 g/mol. The highest BCUT2D eigenvalue weighted by Gasteiger charge is 2.17. The van der Waals surface area contributed by atoms with Crippen LogP contribution in [0.4, 0.5) is 11.4 Å². The molecule has 0 aromatic heterocycles. The maximum atomic E-state index is 12.3. The lowest BCUT2D eigenvalue weighted by atomic mass is 10.3. The number of methoxy groups -OCH3 is 1. The average Bonchev–Trinajstić information content (AvgIpc) is 2.69. The Bertz CT molecular complexity index is 760. The molecule has 28 heavy (non-hydrogen) atoms. The molecule has 0 fully saturated rings. The largest absolute Gasteiger partial charge is 0.497 e. The van der Waals surface area contributed by atoms with Crippen LogP contribution in [0.25, 0.3) is 0 Å². The Morgan fingerprint density at radius 1 is 0.821 bits per heavy atom. The number of carbonyl (C=O) groups is 2. The van der Waals surface area contributed by atoms with Crippen LogP contribution in [0, 0.1) is 0 Å². The quantitative estimate of drug-likeness (QED) is 0.579. The number of nitrogens with one attached hydrogen (secondary N) is 3. The minimum absolute atomic E-state index is 0.141. The third-order valence-corrected chi connectivity index (χ3v) is 4.14. The average molecular weight is 386 g/mol. The van der Waals surface area contributed by atoms with Crippen LogP contribution in [-0.2, 0) is 9.59 Å². The van der Waals surface area contributed by atoms with Gasteiger partial charge in [-0.05, 0) is 62.4 Å². The van der Waals surface area contributed by atoms with Crippen molar-refractivity contribution in [1.29, 1.82) is 0 Å². The van der Waals surface area contributed by atoms with Crippen LogP contribution in [0.3, 0.4) is 0 Å². The van der Waals surface area contributed by atoms with Crippen LogP contribution in [-0.4, -0.2) is 45.2 Å². The maximum absolute atomic E-state index is 12.3. The van der Waals surface area contributed by atoms with Crippen molar-refractivity contribution in [1.82, 2.24) is 0 Å². The number of quaternary nitrogens is 1. The lowest BCUT2D eigenvalue weighted by molar-refractivity contribution is -0.881. The monoisotopic (exact) mass is 386 g/mol. The number of ether oxygens (including phenoxy) is 2. The Morgan fingerprint density at radius 2 is 1.29 bits per heavy atom. The molecule has 0 saturated carbocycles.